The van der Waals surface area contributed by atoms with Gasteiger partial charge in [-0.05, 0) is 24.6 Å². The molecule has 0 spiro atoms. The Hall–Kier alpha value is -1.89. The van der Waals surface area contributed by atoms with Gasteiger partial charge in [0.15, 0.2) is 0 Å². The average molecular weight is 339 g/mol. The van der Waals surface area contributed by atoms with E-state index in [1.54, 1.807) is 22.8 Å². The number of nitrogens with zero attached hydrogens (tertiary/aromatic N) is 2. The van der Waals surface area contributed by atoms with Crippen molar-refractivity contribution in [2.24, 2.45) is 0 Å². The normalized spacial score (nSPS) is 17.1. The average Bonchev–Trinajstić information content (AvgIpc) is 2.79. The van der Waals surface area contributed by atoms with Crippen LogP contribution < -0.4 is 5.56 Å². The molecular weight excluding hydrogens is 328 g/mol. The van der Waals surface area contributed by atoms with Crippen molar-refractivity contribution in [3.8, 4) is 0 Å². The molecule has 0 aliphatic carbocycles. The molecule has 20 heavy (non-hydrogen) atoms. The number of carbonyl (C=O) groups is 1. The molecule has 6 nitrogen and oxygen atoms in total. The lowest BCUT2D eigenvalue weighted by Crippen LogP contribution is -2.27. The van der Waals surface area contributed by atoms with E-state index in [9.17, 15) is 9.59 Å². The van der Waals surface area contributed by atoms with Crippen LogP contribution in [0.5, 0.6) is 0 Å². The molecule has 104 valence electrons. The van der Waals surface area contributed by atoms with Gasteiger partial charge >= 0.3 is 6.16 Å². The molecule has 1 aromatic carbocycles. The highest BCUT2D eigenvalue weighted by Crippen LogP contribution is 2.25. The van der Waals surface area contributed by atoms with Gasteiger partial charge in [0.2, 0.25) is 0 Å². The van der Waals surface area contributed by atoms with Gasteiger partial charge in [-0.3, -0.25) is 9.36 Å². The molecule has 1 aliphatic heterocycles. The third kappa shape index (κ3) is 2.18. The second-order valence-corrected chi connectivity index (χ2v) is 5.55. The first kappa shape index (κ1) is 13.1. The second kappa shape index (κ2) is 4.90. The van der Waals surface area contributed by atoms with Crippen LogP contribution in [0.2, 0.25) is 0 Å². The maximum Gasteiger partial charge on any atom is 0.505 e. The molecular formula is C13H11BrN2O4. The standard InChI is InChI=1S/C13H11BrN2O4/c14-7-1-3-9-10(5-7)15-11-4-2-8(6-20-13(18)19)16(11)12(9)17/h1,3,5,8H,2,4,6H2,(H,18,19). The lowest BCUT2D eigenvalue weighted by atomic mass is 10.2. The van der Waals surface area contributed by atoms with E-state index in [-0.39, 0.29) is 18.2 Å². The largest absolute Gasteiger partial charge is 0.505 e. The second-order valence-electron chi connectivity index (χ2n) is 4.63. The zero-order valence-electron chi connectivity index (χ0n) is 10.4. The Morgan fingerprint density at radius 2 is 2.35 bits per heavy atom. The lowest BCUT2D eigenvalue weighted by Gasteiger charge is -2.13. The Morgan fingerprint density at radius 1 is 1.55 bits per heavy atom. The molecule has 1 N–H and O–H groups in total. The molecule has 1 atom stereocenters. The minimum absolute atomic E-state index is 0.0219. The molecule has 0 amide bonds. The van der Waals surface area contributed by atoms with Crippen molar-refractivity contribution in [3.63, 3.8) is 0 Å². The van der Waals surface area contributed by atoms with Crippen LogP contribution in [0.4, 0.5) is 4.79 Å². The Balaban J connectivity index is 2.08. The smallest absolute Gasteiger partial charge is 0.450 e. The van der Waals surface area contributed by atoms with Crippen LogP contribution in [0.1, 0.15) is 18.3 Å². The number of aromatic nitrogens is 2. The number of hydrogen-bond donors (Lipinski definition) is 1. The summed E-state index contributed by atoms with van der Waals surface area (Å²) >= 11 is 3.36. The van der Waals surface area contributed by atoms with Gasteiger partial charge in [0, 0.05) is 10.9 Å². The predicted molar refractivity (Wildman–Crippen MR) is 75.0 cm³/mol. The molecule has 0 bridgehead atoms. The summed E-state index contributed by atoms with van der Waals surface area (Å²) in [6, 6.07) is 5.04. The summed E-state index contributed by atoms with van der Waals surface area (Å²) in [4.78, 5) is 27.4. The summed E-state index contributed by atoms with van der Waals surface area (Å²) in [6.45, 7) is -0.0219. The molecule has 0 saturated heterocycles. The minimum atomic E-state index is -1.33. The van der Waals surface area contributed by atoms with Crippen LogP contribution in [0.25, 0.3) is 10.9 Å². The fourth-order valence-corrected chi connectivity index (χ4v) is 2.87. The van der Waals surface area contributed by atoms with E-state index in [1.165, 1.54) is 0 Å². The number of aryl methyl sites for hydroxylation is 1. The molecule has 0 fully saturated rings. The van der Waals surface area contributed by atoms with Gasteiger partial charge in [-0.1, -0.05) is 15.9 Å². The van der Waals surface area contributed by atoms with Gasteiger partial charge in [0.1, 0.15) is 12.4 Å². The molecule has 0 radical (unpaired) electrons. The summed E-state index contributed by atoms with van der Waals surface area (Å²) in [7, 11) is 0. The van der Waals surface area contributed by atoms with Crippen LogP contribution in [-0.2, 0) is 11.2 Å². The summed E-state index contributed by atoms with van der Waals surface area (Å²) in [6.07, 6.45) is -0.0255. The van der Waals surface area contributed by atoms with Gasteiger partial charge in [-0.25, -0.2) is 9.78 Å². The van der Waals surface area contributed by atoms with E-state index >= 15 is 0 Å². The van der Waals surface area contributed by atoms with Crippen LogP contribution in [0.3, 0.4) is 0 Å². The zero-order chi connectivity index (χ0) is 14.3. The topological polar surface area (TPSA) is 81.4 Å². The van der Waals surface area contributed by atoms with Crippen LogP contribution in [0, 0.1) is 0 Å². The third-order valence-corrected chi connectivity index (χ3v) is 3.90. The Morgan fingerprint density at radius 3 is 3.10 bits per heavy atom. The first-order chi connectivity index (χ1) is 9.56. The van der Waals surface area contributed by atoms with Gasteiger partial charge in [-0.2, -0.15) is 0 Å². The first-order valence-corrected chi connectivity index (χ1v) is 6.92. The van der Waals surface area contributed by atoms with Crippen LogP contribution in [-0.4, -0.2) is 27.4 Å². The van der Waals surface area contributed by atoms with Crippen LogP contribution in [0.15, 0.2) is 27.5 Å². The molecule has 1 aliphatic rings. The van der Waals surface area contributed by atoms with Crippen molar-refractivity contribution in [2.75, 3.05) is 6.61 Å². The number of fused-ring (bicyclic) bond motifs is 2. The highest BCUT2D eigenvalue weighted by Gasteiger charge is 2.26. The number of carboxylic acid groups (broad SMARTS) is 1. The number of halogens is 1. The Kier molecular flexibility index (Phi) is 3.21. The number of hydrogen-bond acceptors (Lipinski definition) is 4. The summed E-state index contributed by atoms with van der Waals surface area (Å²) in [5, 5.41) is 9.09. The molecule has 1 unspecified atom stereocenters. The maximum atomic E-state index is 12.5. The SMILES string of the molecule is O=C(O)OCC1CCc2nc3cc(Br)ccc3c(=O)n21. The summed E-state index contributed by atoms with van der Waals surface area (Å²) in [5.41, 5.74) is 0.504. The summed E-state index contributed by atoms with van der Waals surface area (Å²) < 4.78 is 7.01. The molecule has 0 saturated carbocycles. The Labute approximate surface area is 122 Å². The molecule has 1 aromatic heterocycles. The van der Waals surface area contributed by atoms with E-state index in [0.29, 0.717) is 29.6 Å². The van der Waals surface area contributed by atoms with Crippen molar-refractivity contribution < 1.29 is 14.6 Å². The highest BCUT2D eigenvalue weighted by molar-refractivity contribution is 9.10. The third-order valence-electron chi connectivity index (χ3n) is 3.40. The van der Waals surface area contributed by atoms with Crippen molar-refractivity contribution in [1.29, 1.82) is 0 Å². The van der Waals surface area contributed by atoms with Gasteiger partial charge in [0.25, 0.3) is 5.56 Å². The zero-order valence-corrected chi connectivity index (χ0v) is 12.0. The maximum absolute atomic E-state index is 12.5. The monoisotopic (exact) mass is 338 g/mol. The van der Waals surface area contributed by atoms with E-state index in [1.807, 2.05) is 0 Å². The minimum Gasteiger partial charge on any atom is -0.450 e. The molecule has 7 heteroatoms. The molecule has 2 aromatic rings. The van der Waals surface area contributed by atoms with Gasteiger partial charge < -0.3 is 9.84 Å². The van der Waals surface area contributed by atoms with E-state index in [2.05, 4.69) is 25.7 Å². The number of ether oxygens (including phenoxy) is 1. The summed E-state index contributed by atoms with van der Waals surface area (Å²) in [5.74, 6) is 0.680. The van der Waals surface area contributed by atoms with Crippen molar-refractivity contribution in [1.82, 2.24) is 9.55 Å². The molecule has 3 rings (SSSR count). The Bertz CT molecular complexity index is 756. The van der Waals surface area contributed by atoms with E-state index < -0.39 is 6.16 Å². The van der Waals surface area contributed by atoms with Gasteiger partial charge in [0.05, 0.1) is 16.9 Å². The number of benzene rings is 1. The van der Waals surface area contributed by atoms with Gasteiger partial charge in [-0.15, -0.1) is 0 Å². The van der Waals surface area contributed by atoms with E-state index in [0.717, 1.165) is 4.47 Å². The van der Waals surface area contributed by atoms with Crippen molar-refractivity contribution >= 4 is 33.0 Å². The fourth-order valence-electron chi connectivity index (χ4n) is 2.52. The quantitative estimate of drug-likeness (QED) is 0.850. The van der Waals surface area contributed by atoms with Crippen molar-refractivity contribution in [3.05, 3.63) is 38.9 Å². The highest BCUT2D eigenvalue weighted by atomic mass is 79.9. The van der Waals surface area contributed by atoms with Crippen molar-refractivity contribution in [2.45, 2.75) is 18.9 Å². The molecule has 2 heterocycles. The lowest BCUT2D eigenvalue weighted by molar-refractivity contribution is 0.0789. The predicted octanol–water partition coefficient (Wildman–Crippen LogP) is 2.34. The van der Waals surface area contributed by atoms with E-state index in [4.69, 9.17) is 5.11 Å². The number of rotatable bonds is 2. The fraction of sp³-hybridized carbons (Fsp3) is 0.308. The van der Waals surface area contributed by atoms with Crippen LogP contribution >= 0.6 is 15.9 Å². The first-order valence-electron chi connectivity index (χ1n) is 6.12.